The van der Waals surface area contributed by atoms with Crippen LogP contribution in [0.3, 0.4) is 0 Å². The molecule has 2 aromatic rings. The number of halogens is 2. The van der Waals surface area contributed by atoms with E-state index in [0.717, 1.165) is 6.07 Å². The molecule has 0 aliphatic rings. The molecule has 0 fully saturated rings. The Morgan fingerprint density at radius 3 is 2.67 bits per heavy atom. The number of ketones is 1. The summed E-state index contributed by atoms with van der Waals surface area (Å²) in [5, 5.41) is -0.00116. The second-order valence-electron chi connectivity index (χ2n) is 2.97. The van der Waals surface area contributed by atoms with Crippen LogP contribution in [-0.2, 0) is 0 Å². The molecule has 2 rings (SSSR count). The minimum atomic E-state index is -0.606. The molecular formula is C11H6ClFO2. The van der Waals surface area contributed by atoms with Crippen molar-refractivity contribution in [3.8, 4) is 0 Å². The summed E-state index contributed by atoms with van der Waals surface area (Å²) >= 11 is 5.51. The molecule has 4 heteroatoms. The molecule has 0 amide bonds. The molecule has 0 unspecified atom stereocenters. The summed E-state index contributed by atoms with van der Waals surface area (Å²) in [5.41, 5.74) is 0.634. The van der Waals surface area contributed by atoms with Crippen molar-refractivity contribution in [1.82, 2.24) is 0 Å². The molecule has 1 aromatic carbocycles. The second kappa shape index (κ2) is 3.87. The third kappa shape index (κ3) is 1.92. The quantitative estimate of drug-likeness (QED) is 0.733. The first-order valence-corrected chi connectivity index (χ1v) is 4.58. The maximum absolute atomic E-state index is 13.1. The summed E-state index contributed by atoms with van der Waals surface area (Å²) in [4.78, 5) is 11.7. The van der Waals surface area contributed by atoms with Crippen LogP contribution in [0, 0.1) is 5.82 Å². The third-order valence-electron chi connectivity index (χ3n) is 1.97. The van der Waals surface area contributed by atoms with Gasteiger partial charge in [0.25, 0.3) is 0 Å². The molecule has 2 nitrogen and oxygen atoms in total. The van der Waals surface area contributed by atoms with Crippen LogP contribution in [0.1, 0.15) is 15.9 Å². The zero-order valence-electron chi connectivity index (χ0n) is 7.54. The van der Waals surface area contributed by atoms with Crippen molar-refractivity contribution in [2.24, 2.45) is 0 Å². The smallest absolute Gasteiger partial charge is 0.196 e. The maximum Gasteiger partial charge on any atom is 0.196 e. The van der Waals surface area contributed by atoms with Crippen molar-refractivity contribution in [2.75, 3.05) is 0 Å². The highest BCUT2D eigenvalue weighted by Gasteiger charge is 2.11. The second-order valence-corrected chi connectivity index (χ2v) is 3.38. The SMILES string of the molecule is O=C(c1ccoc1)c1ccc(Cl)c(F)c1. The highest BCUT2D eigenvalue weighted by molar-refractivity contribution is 6.30. The molecule has 0 radical (unpaired) electrons. The molecule has 0 spiro atoms. The van der Waals surface area contributed by atoms with Crippen LogP contribution in [0.15, 0.2) is 41.2 Å². The van der Waals surface area contributed by atoms with E-state index in [1.54, 1.807) is 0 Å². The number of rotatable bonds is 2. The van der Waals surface area contributed by atoms with Gasteiger partial charge >= 0.3 is 0 Å². The Balaban J connectivity index is 2.39. The fourth-order valence-corrected chi connectivity index (χ4v) is 1.32. The van der Waals surface area contributed by atoms with Gasteiger partial charge in [-0.3, -0.25) is 4.79 Å². The topological polar surface area (TPSA) is 30.2 Å². The van der Waals surface area contributed by atoms with Crippen LogP contribution in [0.2, 0.25) is 5.02 Å². The van der Waals surface area contributed by atoms with Gasteiger partial charge in [0.15, 0.2) is 5.78 Å². The van der Waals surface area contributed by atoms with E-state index in [1.165, 1.54) is 30.7 Å². The Morgan fingerprint density at radius 1 is 1.27 bits per heavy atom. The van der Waals surface area contributed by atoms with Crippen LogP contribution in [-0.4, -0.2) is 5.78 Å². The number of furan rings is 1. The third-order valence-corrected chi connectivity index (χ3v) is 2.27. The van der Waals surface area contributed by atoms with Crippen molar-refractivity contribution in [1.29, 1.82) is 0 Å². The molecule has 1 aromatic heterocycles. The van der Waals surface area contributed by atoms with Crippen LogP contribution in [0.4, 0.5) is 4.39 Å². The van der Waals surface area contributed by atoms with Gasteiger partial charge in [-0.15, -0.1) is 0 Å². The molecule has 0 aliphatic heterocycles. The first-order chi connectivity index (χ1) is 7.18. The highest BCUT2D eigenvalue weighted by Crippen LogP contribution is 2.18. The van der Waals surface area contributed by atoms with Crippen LogP contribution < -0.4 is 0 Å². The minimum Gasteiger partial charge on any atom is -0.472 e. The molecule has 0 atom stereocenters. The first-order valence-electron chi connectivity index (χ1n) is 4.20. The van der Waals surface area contributed by atoms with Gasteiger partial charge in [0.2, 0.25) is 0 Å². The summed E-state index contributed by atoms with van der Waals surface area (Å²) < 4.78 is 17.8. The summed E-state index contributed by atoms with van der Waals surface area (Å²) in [6.07, 6.45) is 2.70. The monoisotopic (exact) mass is 224 g/mol. The Labute approximate surface area is 90.3 Å². The normalized spacial score (nSPS) is 10.3. The van der Waals surface area contributed by atoms with Gasteiger partial charge in [-0.1, -0.05) is 11.6 Å². The number of hydrogen-bond donors (Lipinski definition) is 0. The van der Waals surface area contributed by atoms with Crippen molar-refractivity contribution in [3.05, 3.63) is 58.8 Å². The van der Waals surface area contributed by atoms with E-state index in [0.29, 0.717) is 5.56 Å². The fraction of sp³-hybridized carbons (Fsp3) is 0. The number of hydrogen-bond acceptors (Lipinski definition) is 2. The van der Waals surface area contributed by atoms with Gasteiger partial charge in [-0.25, -0.2) is 4.39 Å². The zero-order chi connectivity index (χ0) is 10.8. The minimum absolute atomic E-state index is 0.00116. The first kappa shape index (κ1) is 9.93. The molecule has 0 N–H and O–H groups in total. The Kier molecular flexibility index (Phi) is 2.56. The van der Waals surface area contributed by atoms with E-state index in [-0.39, 0.29) is 16.4 Å². The van der Waals surface area contributed by atoms with Gasteiger partial charge in [0, 0.05) is 5.56 Å². The molecule has 0 saturated heterocycles. The Morgan fingerprint density at radius 2 is 2.07 bits per heavy atom. The Bertz CT molecular complexity index is 491. The van der Waals surface area contributed by atoms with Gasteiger partial charge in [-0.05, 0) is 24.3 Å². The largest absolute Gasteiger partial charge is 0.472 e. The van der Waals surface area contributed by atoms with E-state index in [4.69, 9.17) is 16.0 Å². The summed E-state index contributed by atoms with van der Waals surface area (Å²) in [7, 11) is 0. The predicted molar refractivity (Wildman–Crippen MR) is 53.6 cm³/mol. The number of carbonyl (C=O) groups is 1. The molecule has 15 heavy (non-hydrogen) atoms. The molecule has 0 saturated carbocycles. The van der Waals surface area contributed by atoms with E-state index in [2.05, 4.69) is 0 Å². The van der Waals surface area contributed by atoms with Crippen molar-refractivity contribution in [2.45, 2.75) is 0 Å². The highest BCUT2D eigenvalue weighted by atomic mass is 35.5. The lowest BCUT2D eigenvalue weighted by molar-refractivity contribution is 0.103. The average Bonchev–Trinajstić information content (AvgIpc) is 2.74. The molecule has 0 aliphatic carbocycles. The standard InChI is InChI=1S/C11H6ClFO2/c12-9-2-1-7(5-10(9)13)11(14)8-3-4-15-6-8/h1-6H. The van der Waals surface area contributed by atoms with Crippen molar-refractivity contribution in [3.63, 3.8) is 0 Å². The number of benzene rings is 1. The molecule has 76 valence electrons. The van der Waals surface area contributed by atoms with Crippen molar-refractivity contribution < 1.29 is 13.6 Å². The van der Waals surface area contributed by atoms with Crippen LogP contribution in [0.25, 0.3) is 0 Å². The van der Waals surface area contributed by atoms with E-state index >= 15 is 0 Å². The van der Waals surface area contributed by atoms with Gasteiger partial charge < -0.3 is 4.42 Å². The predicted octanol–water partition coefficient (Wildman–Crippen LogP) is 3.30. The zero-order valence-corrected chi connectivity index (χ0v) is 8.29. The molecular weight excluding hydrogens is 219 g/mol. The number of carbonyl (C=O) groups excluding carboxylic acids is 1. The molecule has 0 bridgehead atoms. The summed E-state index contributed by atoms with van der Waals surface area (Å²) in [5.74, 6) is -0.898. The van der Waals surface area contributed by atoms with E-state index < -0.39 is 5.82 Å². The average molecular weight is 225 g/mol. The lowest BCUT2D eigenvalue weighted by Gasteiger charge is -1.99. The van der Waals surface area contributed by atoms with E-state index in [9.17, 15) is 9.18 Å². The lowest BCUT2D eigenvalue weighted by Crippen LogP contribution is -1.99. The van der Waals surface area contributed by atoms with Crippen LogP contribution >= 0.6 is 11.6 Å². The fourth-order valence-electron chi connectivity index (χ4n) is 1.20. The van der Waals surface area contributed by atoms with Gasteiger partial charge in [0.1, 0.15) is 12.1 Å². The Hall–Kier alpha value is -1.61. The molecule has 1 heterocycles. The van der Waals surface area contributed by atoms with Gasteiger partial charge in [0.05, 0.1) is 16.8 Å². The lowest BCUT2D eigenvalue weighted by atomic mass is 10.1. The van der Waals surface area contributed by atoms with Crippen molar-refractivity contribution >= 4 is 17.4 Å². The summed E-state index contributed by atoms with van der Waals surface area (Å²) in [6.45, 7) is 0. The van der Waals surface area contributed by atoms with Crippen LogP contribution in [0.5, 0.6) is 0 Å². The maximum atomic E-state index is 13.1. The van der Waals surface area contributed by atoms with E-state index in [1.807, 2.05) is 0 Å². The summed E-state index contributed by atoms with van der Waals surface area (Å²) in [6, 6.07) is 5.46. The van der Waals surface area contributed by atoms with Gasteiger partial charge in [-0.2, -0.15) is 0 Å².